The highest BCUT2D eigenvalue weighted by atomic mass is 19.4. The topological polar surface area (TPSA) is 164 Å². The molecule has 15 nitrogen and oxygen atoms in total. The minimum Gasteiger partial charge on any atom is -0.474 e. The van der Waals surface area contributed by atoms with Crippen molar-refractivity contribution in [2.24, 2.45) is 5.41 Å². The average Bonchev–Trinajstić information content (AvgIpc) is 3.63. The van der Waals surface area contributed by atoms with Crippen LogP contribution in [0.2, 0.25) is 0 Å². The first-order valence-electron chi connectivity index (χ1n) is 18.6. The lowest BCUT2D eigenvalue weighted by molar-refractivity contribution is -0.137. The molecule has 5 rings (SSSR count). The summed E-state index contributed by atoms with van der Waals surface area (Å²) in [4.78, 5) is 36.1. The molecule has 57 heavy (non-hydrogen) atoms. The number of carbonyl (C=O) groups is 2. The molecule has 0 spiro atoms. The third-order valence-corrected chi connectivity index (χ3v) is 8.46. The van der Waals surface area contributed by atoms with Gasteiger partial charge in [-0.2, -0.15) is 13.2 Å². The highest BCUT2D eigenvalue weighted by Gasteiger charge is 2.31. The van der Waals surface area contributed by atoms with Crippen LogP contribution in [0, 0.1) is 12.3 Å². The first-order chi connectivity index (χ1) is 27.2. The minimum atomic E-state index is -4.57. The van der Waals surface area contributed by atoms with E-state index < -0.39 is 17.6 Å². The molecule has 1 aliphatic rings. The quantitative estimate of drug-likeness (QED) is 0.123. The maximum atomic E-state index is 13.2. The highest BCUT2D eigenvalue weighted by Crippen LogP contribution is 2.34. The molecule has 0 bridgehead atoms. The van der Waals surface area contributed by atoms with Crippen molar-refractivity contribution in [3.63, 3.8) is 0 Å². The molecular weight excluding hydrogens is 749 g/mol. The molecule has 1 aromatic carbocycles. The molecule has 18 heteroatoms. The normalized spacial score (nSPS) is 13.4. The molecule has 0 aliphatic carbocycles. The number of carbonyl (C=O) groups excluding carboxylic acids is 2. The van der Waals surface area contributed by atoms with E-state index in [1.807, 2.05) is 33.8 Å². The number of nitrogens with zero attached hydrogens (tertiary/aromatic N) is 6. The van der Waals surface area contributed by atoms with Gasteiger partial charge in [-0.1, -0.05) is 32.1 Å². The molecule has 1 aliphatic heterocycles. The Labute approximate surface area is 329 Å². The summed E-state index contributed by atoms with van der Waals surface area (Å²) in [5, 5.41) is 13.6. The average molecular weight is 799 g/mol. The van der Waals surface area contributed by atoms with Gasteiger partial charge in [0.15, 0.2) is 0 Å². The van der Waals surface area contributed by atoms with Gasteiger partial charge in [-0.3, -0.25) is 14.6 Å². The van der Waals surface area contributed by atoms with E-state index in [2.05, 4.69) is 35.8 Å². The predicted molar refractivity (Wildman–Crippen MR) is 204 cm³/mol. The fourth-order valence-electron chi connectivity index (χ4n) is 5.53. The molecule has 2 N–H and O–H groups in total. The lowest BCUT2D eigenvalue weighted by atomic mass is 9.97. The Morgan fingerprint density at radius 2 is 1.63 bits per heavy atom. The number of benzene rings is 1. The molecule has 4 aromatic rings. The molecule has 2 amide bonds. The standard InChI is InChI=1S/C39H49F3N8O7/c1-27-33(20-31(22-43-27)46-36(52)28-6-5-7-30(18-28)39(40,41)42)29-19-34(49-8-10-53-11-9-49)37(44-21-29)57-17-16-55-13-12-54-14-15-56-25-32-23-50(48-47-32)24-35(51)45-26-38(2,3)4/h5-7,18-23H,8-17,24-26H2,1-4H3,(H,45,51)(H,46,52). The van der Waals surface area contributed by atoms with Crippen LogP contribution in [0.4, 0.5) is 24.5 Å². The van der Waals surface area contributed by atoms with Crippen molar-refractivity contribution in [2.45, 2.75) is 47.0 Å². The molecule has 0 atom stereocenters. The number of ether oxygens (including phenoxy) is 5. The van der Waals surface area contributed by atoms with Crippen LogP contribution < -0.4 is 20.3 Å². The predicted octanol–water partition coefficient (Wildman–Crippen LogP) is 4.94. The Kier molecular flexibility index (Phi) is 15.3. The summed E-state index contributed by atoms with van der Waals surface area (Å²) < 4.78 is 69.6. The Balaban J connectivity index is 1.05. The van der Waals surface area contributed by atoms with Gasteiger partial charge in [-0.15, -0.1) is 5.10 Å². The molecule has 0 saturated carbocycles. The number of aryl methyl sites for hydroxylation is 1. The minimum absolute atomic E-state index is 0.00391. The van der Waals surface area contributed by atoms with Crippen LogP contribution in [0.15, 0.2) is 55.0 Å². The first-order valence-corrected chi connectivity index (χ1v) is 18.6. The van der Waals surface area contributed by atoms with Crippen molar-refractivity contribution in [3.8, 4) is 17.0 Å². The lowest BCUT2D eigenvalue weighted by Gasteiger charge is -2.30. The van der Waals surface area contributed by atoms with Crippen LogP contribution >= 0.6 is 0 Å². The van der Waals surface area contributed by atoms with Crippen LogP contribution in [0.5, 0.6) is 5.88 Å². The van der Waals surface area contributed by atoms with E-state index in [9.17, 15) is 22.8 Å². The van der Waals surface area contributed by atoms with Gasteiger partial charge in [0.05, 0.1) is 76.5 Å². The second-order valence-electron chi connectivity index (χ2n) is 14.4. The van der Waals surface area contributed by atoms with Crippen LogP contribution in [0.3, 0.4) is 0 Å². The van der Waals surface area contributed by atoms with Crippen molar-refractivity contribution in [1.29, 1.82) is 0 Å². The molecule has 308 valence electrons. The zero-order chi connectivity index (χ0) is 40.8. The molecular formula is C39H49F3N8O7. The molecule has 0 unspecified atom stereocenters. The van der Waals surface area contributed by atoms with E-state index in [1.165, 1.54) is 23.0 Å². The Morgan fingerprint density at radius 3 is 2.35 bits per heavy atom. The monoisotopic (exact) mass is 798 g/mol. The Bertz CT molecular complexity index is 1930. The molecule has 0 radical (unpaired) electrons. The summed E-state index contributed by atoms with van der Waals surface area (Å²) in [7, 11) is 0. The van der Waals surface area contributed by atoms with E-state index in [-0.39, 0.29) is 36.6 Å². The van der Waals surface area contributed by atoms with E-state index >= 15 is 0 Å². The van der Waals surface area contributed by atoms with Gasteiger partial charge in [0, 0.05) is 48.2 Å². The molecule has 1 saturated heterocycles. The smallest absolute Gasteiger partial charge is 0.416 e. The zero-order valence-electron chi connectivity index (χ0n) is 32.6. The zero-order valence-corrected chi connectivity index (χ0v) is 32.6. The van der Waals surface area contributed by atoms with Crippen LogP contribution in [-0.4, -0.2) is 109 Å². The van der Waals surface area contributed by atoms with Gasteiger partial charge in [-0.05, 0) is 42.7 Å². The summed E-state index contributed by atoms with van der Waals surface area (Å²) in [5.74, 6) is -0.404. The number of rotatable bonds is 19. The number of anilines is 2. The third-order valence-electron chi connectivity index (χ3n) is 8.46. The van der Waals surface area contributed by atoms with Crippen molar-refractivity contribution in [1.82, 2.24) is 30.3 Å². The van der Waals surface area contributed by atoms with Crippen LogP contribution in [-0.2, 0) is 43.1 Å². The van der Waals surface area contributed by atoms with E-state index in [4.69, 9.17) is 23.7 Å². The van der Waals surface area contributed by atoms with Crippen LogP contribution in [0.1, 0.15) is 48.1 Å². The first kappa shape index (κ1) is 43.0. The largest absolute Gasteiger partial charge is 0.474 e. The van der Waals surface area contributed by atoms with Gasteiger partial charge < -0.3 is 39.2 Å². The number of amides is 2. The van der Waals surface area contributed by atoms with Crippen molar-refractivity contribution in [2.75, 3.05) is 82.7 Å². The molecule has 3 aromatic heterocycles. The fourth-order valence-corrected chi connectivity index (χ4v) is 5.53. The number of alkyl halides is 3. The summed E-state index contributed by atoms with van der Waals surface area (Å²) >= 11 is 0. The number of hydrogen-bond donors (Lipinski definition) is 2. The Morgan fingerprint density at radius 1 is 0.912 bits per heavy atom. The number of aromatic nitrogens is 5. The van der Waals surface area contributed by atoms with Crippen molar-refractivity contribution in [3.05, 3.63) is 77.5 Å². The Hall–Kier alpha value is -5.17. The number of nitrogens with one attached hydrogen (secondary N) is 2. The lowest BCUT2D eigenvalue weighted by Crippen LogP contribution is -2.36. The van der Waals surface area contributed by atoms with E-state index in [0.717, 1.165) is 17.8 Å². The van der Waals surface area contributed by atoms with Crippen molar-refractivity contribution < 1.29 is 46.4 Å². The summed E-state index contributed by atoms with van der Waals surface area (Å²) in [6.45, 7) is 13.2. The van der Waals surface area contributed by atoms with Crippen LogP contribution in [0.25, 0.3) is 11.1 Å². The summed E-state index contributed by atoms with van der Waals surface area (Å²) in [5.41, 5.74) is 2.70. The van der Waals surface area contributed by atoms with E-state index in [1.54, 1.807) is 18.5 Å². The number of halogens is 3. The third kappa shape index (κ3) is 13.8. The molecule has 4 heterocycles. The van der Waals surface area contributed by atoms with Gasteiger partial charge in [0.25, 0.3) is 5.91 Å². The second-order valence-corrected chi connectivity index (χ2v) is 14.4. The fraction of sp³-hybridized carbons (Fsp3) is 0.487. The number of morpholine rings is 1. The van der Waals surface area contributed by atoms with Gasteiger partial charge in [0.2, 0.25) is 11.8 Å². The number of pyridine rings is 2. The maximum absolute atomic E-state index is 13.2. The van der Waals surface area contributed by atoms with Gasteiger partial charge in [-0.25, -0.2) is 9.67 Å². The molecule has 1 fully saturated rings. The summed E-state index contributed by atoms with van der Waals surface area (Å²) in [6.07, 6.45) is 0.207. The van der Waals surface area contributed by atoms with Gasteiger partial charge >= 0.3 is 6.18 Å². The highest BCUT2D eigenvalue weighted by molar-refractivity contribution is 6.04. The van der Waals surface area contributed by atoms with E-state index in [0.29, 0.717) is 100.0 Å². The number of hydrogen-bond acceptors (Lipinski definition) is 12. The SMILES string of the molecule is Cc1ncc(NC(=O)c2cccc(C(F)(F)F)c2)cc1-c1cnc(OCCOCCOCCOCc2cn(CC(=O)NCC(C)(C)C)nn2)c(N2CCOCC2)c1. The van der Waals surface area contributed by atoms with Gasteiger partial charge in [0.1, 0.15) is 24.5 Å². The second kappa shape index (κ2) is 20.3. The van der Waals surface area contributed by atoms with Crippen molar-refractivity contribution >= 4 is 23.2 Å². The summed E-state index contributed by atoms with van der Waals surface area (Å²) in [6, 6.07) is 7.88. The maximum Gasteiger partial charge on any atom is 0.416 e.